The second-order valence-corrected chi connectivity index (χ2v) is 5.92. The lowest BCUT2D eigenvalue weighted by molar-refractivity contribution is -0.122. The molecule has 1 amide bonds. The van der Waals surface area contributed by atoms with E-state index in [9.17, 15) is 4.79 Å². The van der Waals surface area contributed by atoms with Gasteiger partial charge < -0.3 is 14.7 Å². The summed E-state index contributed by atoms with van der Waals surface area (Å²) in [6.45, 7) is 6.44. The predicted molar refractivity (Wildman–Crippen MR) is 67.4 cm³/mol. The normalized spacial score (nSPS) is 26.1. The van der Waals surface area contributed by atoms with Crippen LogP contribution in [0.2, 0.25) is 0 Å². The van der Waals surface area contributed by atoms with Crippen molar-refractivity contribution in [3.63, 3.8) is 0 Å². The van der Waals surface area contributed by atoms with Crippen molar-refractivity contribution in [2.24, 2.45) is 5.92 Å². The SMILES string of the molecule is CC(C)(C)OC(=O)N1CC2CCCC1C2.O=CO. The van der Waals surface area contributed by atoms with E-state index in [0.717, 1.165) is 18.9 Å². The van der Waals surface area contributed by atoms with Gasteiger partial charge in [0.2, 0.25) is 0 Å². The van der Waals surface area contributed by atoms with Gasteiger partial charge in [0.1, 0.15) is 5.60 Å². The molecule has 0 spiro atoms. The molecule has 2 fully saturated rings. The number of fused-ring (bicyclic) bond motifs is 2. The summed E-state index contributed by atoms with van der Waals surface area (Å²) in [7, 11) is 0. The number of rotatable bonds is 0. The molecule has 1 aliphatic carbocycles. The van der Waals surface area contributed by atoms with Crippen molar-refractivity contribution in [1.82, 2.24) is 4.90 Å². The largest absolute Gasteiger partial charge is 0.483 e. The van der Waals surface area contributed by atoms with Crippen molar-refractivity contribution in [2.75, 3.05) is 6.54 Å². The van der Waals surface area contributed by atoms with Crippen LogP contribution in [0.5, 0.6) is 0 Å². The Morgan fingerprint density at radius 1 is 1.39 bits per heavy atom. The van der Waals surface area contributed by atoms with E-state index in [1.807, 2.05) is 25.7 Å². The van der Waals surface area contributed by atoms with Crippen molar-refractivity contribution in [2.45, 2.75) is 58.1 Å². The van der Waals surface area contributed by atoms with Crippen LogP contribution < -0.4 is 0 Å². The molecular weight excluding hydrogens is 234 g/mol. The molecule has 0 radical (unpaired) electrons. The van der Waals surface area contributed by atoms with Crippen LogP contribution in [0.4, 0.5) is 4.79 Å². The average Bonchev–Trinajstić information content (AvgIpc) is 2.52. The molecule has 1 heterocycles. The Morgan fingerprint density at radius 3 is 2.50 bits per heavy atom. The Hall–Kier alpha value is -1.26. The number of hydrogen-bond donors (Lipinski definition) is 1. The molecule has 0 aromatic heterocycles. The second-order valence-electron chi connectivity index (χ2n) is 5.92. The van der Waals surface area contributed by atoms with E-state index in [0.29, 0.717) is 6.04 Å². The maximum atomic E-state index is 11.9. The van der Waals surface area contributed by atoms with E-state index in [1.54, 1.807) is 0 Å². The number of amides is 1. The quantitative estimate of drug-likeness (QED) is 0.677. The lowest BCUT2D eigenvalue weighted by Gasteiger charge is -2.28. The van der Waals surface area contributed by atoms with Gasteiger partial charge in [0.05, 0.1) is 0 Å². The lowest BCUT2D eigenvalue weighted by atomic mass is 9.91. The van der Waals surface area contributed by atoms with Crippen LogP contribution in [-0.2, 0) is 9.53 Å². The molecule has 5 heteroatoms. The van der Waals surface area contributed by atoms with Crippen molar-refractivity contribution in [1.29, 1.82) is 0 Å². The molecule has 5 nitrogen and oxygen atoms in total. The van der Waals surface area contributed by atoms with Crippen LogP contribution in [0.3, 0.4) is 0 Å². The molecule has 1 N–H and O–H groups in total. The molecule has 2 aliphatic rings. The van der Waals surface area contributed by atoms with Gasteiger partial charge >= 0.3 is 6.09 Å². The monoisotopic (exact) mass is 257 g/mol. The number of likely N-dealkylation sites (tertiary alicyclic amines) is 1. The summed E-state index contributed by atoms with van der Waals surface area (Å²) >= 11 is 0. The zero-order chi connectivity index (χ0) is 13.8. The van der Waals surface area contributed by atoms with Crippen LogP contribution in [0, 0.1) is 5.92 Å². The van der Waals surface area contributed by atoms with Gasteiger partial charge in [0.25, 0.3) is 6.47 Å². The second kappa shape index (κ2) is 6.07. The Morgan fingerprint density at radius 2 is 2.00 bits per heavy atom. The summed E-state index contributed by atoms with van der Waals surface area (Å²) in [5.41, 5.74) is -0.367. The summed E-state index contributed by atoms with van der Waals surface area (Å²) in [5.74, 6) is 0.733. The van der Waals surface area contributed by atoms with Gasteiger partial charge in [-0.25, -0.2) is 4.79 Å². The van der Waals surface area contributed by atoms with Gasteiger partial charge in [-0.05, 0) is 46.0 Å². The minimum Gasteiger partial charge on any atom is -0.483 e. The number of carboxylic acid groups (broad SMARTS) is 1. The first-order chi connectivity index (χ1) is 8.37. The summed E-state index contributed by atoms with van der Waals surface area (Å²) < 4.78 is 5.42. The van der Waals surface area contributed by atoms with Gasteiger partial charge in [-0.3, -0.25) is 4.79 Å². The maximum Gasteiger partial charge on any atom is 0.410 e. The predicted octanol–water partition coefficient (Wildman–Crippen LogP) is 2.50. The average molecular weight is 257 g/mol. The standard InChI is InChI=1S/C12H21NO2.CH2O2/c1-12(2,3)15-11(14)13-8-9-5-4-6-10(13)7-9;2-1-3/h9-10H,4-8H2,1-3H3;1H,(H,2,3). The van der Waals surface area contributed by atoms with Gasteiger partial charge in [0, 0.05) is 12.6 Å². The summed E-state index contributed by atoms with van der Waals surface area (Å²) in [6.07, 6.45) is 4.80. The van der Waals surface area contributed by atoms with Crippen molar-refractivity contribution < 1.29 is 19.4 Å². The van der Waals surface area contributed by atoms with Crippen LogP contribution in [-0.4, -0.2) is 40.8 Å². The zero-order valence-corrected chi connectivity index (χ0v) is 11.4. The number of carbonyl (C=O) groups is 2. The highest BCUT2D eigenvalue weighted by molar-refractivity contribution is 5.69. The van der Waals surface area contributed by atoms with E-state index >= 15 is 0 Å². The molecule has 18 heavy (non-hydrogen) atoms. The first-order valence-corrected chi connectivity index (χ1v) is 6.45. The Labute approximate surface area is 108 Å². The van der Waals surface area contributed by atoms with E-state index in [1.165, 1.54) is 19.3 Å². The molecule has 2 unspecified atom stereocenters. The van der Waals surface area contributed by atoms with Crippen LogP contribution in [0.15, 0.2) is 0 Å². The molecule has 0 aromatic carbocycles. The Kier molecular flexibility index (Phi) is 4.99. The number of ether oxygens (including phenoxy) is 1. The van der Waals surface area contributed by atoms with Gasteiger partial charge in [-0.1, -0.05) is 6.42 Å². The minimum absolute atomic E-state index is 0.114. The number of hydrogen-bond acceptors (Lipinski definition) is 3. The molecule has 104 valence electrons. The highest BCUT2D eigenvalue weighted by Gasteiger charge is 2.39. The zero-order valence-electron chi connectivity index (χ0n) is 11.4. The van der Waals surface area contributed by atoms with Crippen LogP contribution >= 0.6 is 0 Å². The highest BCUT2D eigenvalue weighted by atomic mass is 16.6. The fraction of sp³-hybridized carbons (Fsp3) is 0.846. The molecule has 2 bridgehead atoms. The highest BCUT2D eigenvalue weighted by Crippen LogP contribution is 2.35. The fourth-order valence-corrected chi connectivity index (χ4v) is 2.68. The first kappa shape index (κ1) is 14.8. The van der Waals surface area contributed by atoms with Gasteiger partial charge in [0.15, 0.2) is 0 Å². The Bertz CT molecular complexity index is 298. The van der Waals surface area contributed by atoms with Crippen molar-refractivity contribution in [3.8, 4) is 0 Å². The topological polar surface area (TPSA) is 66.8 Å². The number of carbonyl (C=O) groups excluding carboxylic acids is 1. The van der Waals surface area contributed by atoms with E-state index < -0.39 is 0 Å². The molecule has 1 saturated carbocycles. The van der Waals surface area contributed by atoms with Gasteiger partial charge in [-0.2, -0.15) is 0 Å². The Balaban J connectivity index is 0.000000492. The molecule has 1 aliphatic heterocycles. The smallest absolute Gasteiger partial charge is 0.410 e. The van der Waals surface area contributed by atoms with E-state index in [2.05, 4.69) is 0 Å². The minimum atomic E-state index is -0.367. The van der Waals surface area contributed by atoms with Crippen LogP contribution in [0.1, 0.15) is 46.5 Å². The van der Waals surface area contributed by atoms with E-state index in [4.69, 9.17) is 14.6 Å². The molecule has 2 rings (SSSR count). The fourth-order valence-electron chi connectivity index (χ4n) is 2.68. The van der Waals surface area contributed by atoms with Crippen LogP contribution in [0.25, 0.3) is 0 Å². The molecule has 2 atom stereocenters. The molecule has 0 aromatic rings. The van der Waals surface area contributed by atoms with Crippen molar-refractivity contribution in [3.05, 3.63) is 0 Å². The first-order valence-electron chi connectivity index (χ1n) is 6.45. The lowest BCUT2D eigenvalue weighted by Crippen LogP contribution is -2.39. The third-order valence-corrected chi connectivity index (χ3v) is 3.28. The van der Waals surface area contributed by atoms with Gasteiger partial charge in [-0.15, -0.1) is 0 Å². The van der Waals surface area contributed by atoms with E-state index in [-0.39, 0.29) is 18.2 Å². The number of nitrogens with zero attached hydrogens (tertiary/aromatic N) is 1. The molecular formula is C13H23NO4. The molecule has 1 saturated heterocycles. The summed E-state index contributed by atoms with van der Waals surface area (Å²) in [4.78, 5) is 22.2. The van der Waals surface area contributed by atoms with Crippen molar-refractivity contribution >= 4 is 12.6 Å². The summed E-state index contributed by atoms with van der Waals surface area (Å²) in [6, 6.07) is 0.457. The third-order valence-electron chi connectivity index (χ3n) is 3.28. The maximum absolute atomic E-state index is 11.9. The third kappa shape index (κ3) is 4.20. The summed E-state index contributed by atoms with van der Waals surface area (Å²) in [5, 5.41) is 6.89.